The van der Waals surface area contributed by atoms with Gasteiger partial charge in [0.05, 0.1) is 12.9 Å². The summed E-state index contributed by atoms with van der Waals surface area (Å²) in [6.07, 6.45) is 2.36. The average molecular weight is 209 g/mol. The lowest BCUT2D eigenvalue weighted by atomic mass is 10.2. The molecule has 0 saturated carbocycles. The first-order valence-electron chi connectivity index (χ1n) is 5.00. The molecule has 3 heteroatoms. The van der Waals surface area contributed by atoms with Crippen LogP contribution < -0.4 is 5.32 Å². The monoisotopic (exact) mass is 209 g/mol. The molecular formula is C12H16FNO. The molecule has 0 aliphatic rings. The maximum absolute atomic E-state index is 12.8. The average Bonchev–Trinajstić information content (AvgIpc) is 2.23. The predicted molar refractivity (Wildman–Crippen MR) is 58.9 cm³/mol. The van der Waals surface area contributed by atoms with Gasteiger partial charge in [0.2, 0.25) is 0 Å². The molecule has 1 aromatic rings. The number of ether oxygens (including phenoxy) is 1. The van der Waals surface area contributed by atoms with Gasteiger partial charge in [-0.3, -0.25) is 0 Å². The van der Waals surface area contributed by atoms with Crippen molar-refractivity contribution in [1.82, 2.24) is 5.32 Å². The van der Waals surface area contributed by atoms with Gasteiger partial charge in [-0.05, 0) is 30.7 Å². The van der Waals surface area contributed by atoms with Gasteiger partial charge in [-0.25, -0.2) is 4.39 Å². The number of rotatable bonds is 7. The SMILES string of the molecule is C=COCCCNCc1cccc(F)c1. The van der Waals surface area contributed by atoms with E-state index in [1.807, 2.05) is 6.07 Å². The second kappa shape index (κ2) is 7.01. The van der Waals surface area contributed by atoms with Gasteiger partial charge >= 0.3 is 0 Å². The first kappa shape index (κ1) is 11.7. The smallest absolute Gasteiger partial charge is 0.123 e. The molecular weight excluding hydrogens is 193 g/mol. The maximum Gasteiger partial charge on any atom is 0.123 e. The van der Waals surface area contributed by atoms with Gasteiger partial charge in [-0.2, -0.15) is 0 Å². The molecule has 1 rings (SSSR count). The van der Waals surface area contributed by atoms with E-state index >= 15 is 0 Å². The Kier molecular flexibility index (Phi) is 5.48. The van der Waals surface area contributed by atoms with E-state index in [-0.39, 0.29) is 5.82 Å². The van der Waals surface area contributed by atoms with Crippen LogP contribution in [0.25, 0.3) is 0 Å². The Bertz CT molecular complexity index is 301. The van der Waals surface area contributed by atoms with Crippen LogP contribution in [0.15, 0.2) is 37.1 Å². The number of hydrogen-bond donors (Lipinski definition) is 1. The first-order valence-corrected chi connectivity index (χ1v) is 5.00. The van der Waals surface area contributed by atoms with Crippen LogP contribution in [0.3, 0.4) is 0 Å². The van der Waals surface area contributed by atoms with Gasteiger partial charge in [0.15, 0.2) is 0 Å². The molecule has 0 aromatic heterocycles. The molecule has 0 aliphatic heterocycles. The van der Waals surface area contributed by atoms with Gasteiger partial charge in [0.25, 0.3) is 0 Å². The van der Waals surface area contributed by atoms with E-state index in [1.165, 1.54) is 18.4 Å². The molecule has 0 amide bonds. The van der Waals surface area contributed by atoms with Crippen molar-refractivity contribution in [2.75, 3.05) is 13.2 Å². The highest BCUT2D eigenvalue weighted by atomic mass is 19.1. The summed E-state index contributed by atoms with van der Waals surface area (Å²) in [6.45, 7) is 5.66. The van der Waals surface area contributed by atoms with Gasteiger partial charge in [-0.1, -0.05) is 18.7 Å². The van der Waals surface area contributed by atoms with E-state index in [0.717, 1.165) is 18.5 Å². The summed E-state index contributed by atoms with van der Waals surface area (Å²) < 4.78 is 17.8. The van der Waals surface area contributed by atoms with E-state index in [2.05, 4.69) is 11.9 Å². The van der Waals surface area contributed by atoms with Gasteiger partial charge in [0.1, 0.15) is 5.82 Å². The Morgan fingerprint density at radius 3 is 3.07 bits per heavy atom. The molecule has 0 atom stereocenters. The summed E-state index contributed by atoms with van der Waals surface area (Å²) in [5, 5.41) is 3.21. The molecule has 0 bridgehead atoms. The zero-order chi connectivity index (χ0) is 10.9. The maximum atomic E-state index is 12.8. The lowest BCUT2D eigenvalue weighted by Gasteiger charge is -2.04. The van der Waals surface area contributed by atoms with Crippen molar-refractivity contribution in [1.29, 1.82) is 0 Å². The van der Waals surface area contributed by atoms with Crippen LogP contribution in [-0.4, -0.2) is 13.2 Å². The Labute approximate surface area is 89.8 Å². The minimum atomic E-state index is -0.190. The van der Waals surface area contributed by atoms with Crippen molar-refractivity contribution in [2.45, 2.75) is 13.0 Å². The molecule has 1 aromatic carbocycles. The summed E-state index contributed by atoms with van der Waals surface area (Å²) >= 11 is 0. The van der Waals surface area contributed by atoms with Crippen LogP contribution in [0.4, 0.5) is 4.39 Å². The van der Waals surface area contributed by atoms with Gasteiger partial charge < -0.3 is 10.1 Å². The van der Waals surface area contributed by atoms with E-state index in [4.69, 9.17) is 4.74 Å². The predicted octanol–water partition coefficient (Wildman–Crippen LogP) is 2.47. The second-order valence-corrected chi connectivity index (χ2v) is 3.20. The summed E-state index contributed by atoms with van der Waals surface area (Å²) in [7, 11) is 0. The molecule has 0 spiro atoms. The Morgan fingerprint density at radius 1 is 1.47 bits per heavy atom. The van der Waals surface area contributed by atoms with Crippen molar-refractivity contribution in [3.8, 4) is 0 Å². The van der Waals surface area contributed by atoms with Crippen LogP contribution in [0.2, 0.25) is 0 Å². The lowest BCUT2D eigenvalue weighted by Crippen LogP contribution is -2.16. The summed E-state index contributed by atoms with van der Waals surface area (Å²) in [4.78, 5) is 0. The van der Waals surface area contributed by atoms with Crippen molar-refractivity contribution in [2.24, 2.45) is 0 Å². The van der Waals surface area contributed by atoms with Crippen LogP contribution in [0.5, 0.6) is 0 Å². The minimum Gasteiger partial charge on any atom is -0.502 e. The van der Waals surface area contributed by atoms with Crippen molar-refractivity contribution in [3.63, 3.8) is 0 Å². The fourth-order valence-electron chi connectivity index (χ4n) is 1.24. The zero-order valence-electron chi connectivity index (χ0n) is 8.71. The lowest BCUT2D eigenvalue weighted by molar-refractivity contribution is 0.244. The Hall–Kier alpha value is -1.35. The zero-order valence-corrected chi connectivity index (χ0v) is 8.71. The van der Waals surface area contributed by atoms with E-state index < -0.39 is 0 Å². The summed E-state index contributed by atoms with van der Waals surface area (Å²) in [5.74, 6) is -0.190. The Balaban J connectivity index is 2.12. The summed E-state index contributed by atoms with van der Waals surface area (Å²) in [5.41, 5.74) is 0.958. The third-order valence-corrected chi connectivity index (χ3v) is 1.95. The van der Waals surface area contributed by atoms with Gasteiger partial charge in [0, 0.05) is 6.54 Å². The molecule has 0 heterocycles. The molecule has 0 fully saturated rings. The molecule has 0 radical (unpaired) electrons. The van der Waals surface area contributed by atoms with Crippen LogP contribution in [-0.2, 0) is 11.3 Å². The third-order valence-electron chi connectivity index (χ3n) is 1.95. The fraction of sp³-hybridized carbons (Fsp3) is 0.333. The molecule has 2 nitrogen and oxygen atoms in total. The van der Waals surface area contributed by atoms with E-state index in [1.54, 1.807) is 6.07 Å². The van der Waals surface area contributed by atoms with E-state index in [9.17, 15) is 4.39 Å². The van der Waals surface area contributed by atoms with Crippen LogP contribution >= 0.6 is 0 Å². The molecule has 0 unspecified atom stereocenters. The number of nitrogens with one attached hydrogen (secondary N) is 1. The third kappa shape index (κ3) is 5.18. The quantitative estimate of drug-likeness (QED) is 0.550. The van der Waals surface area contributed by atoms with Crippen molar-refractivity contribution in [3.05, 3.63) is 48.5 Å². The largest absolute Gasteiger partial charge is 0.502 e. The van der Waals surface area contributed by atoms with E-state index in [0.29, 0.717) is 13.2 Å². The van der Waals surface area contributed by atoms with Crippen molar-refractivity contribution >= 4 is 0 Å². The highest BCUT2D eigenvalue weighted by Gasteiger charge is 1.94. The highest BCUT2D eigenvalue weighted by molar-refractivity contribution is 5.15. The van der Waals surface area contributed by atoms with Crippen LogP contribution in [0, 0.1) is 5.82 Å². The normalized spacial score (nSPS) is 9.93. The summed E-state index contributed by atoms with van der Waals surface area (Å²) in [6, 6.07) is 6.60. The first-order chi connectivity index (χ1) is 7.33. The molecule has 0 saturated heterocycles. The molecule has 1 N–H and O–H groups in total. The highest BCUT2D eigenvalue weighted by Crippen LogP contribution is 2.02. The van der Waals surface area contributed by atoms with Gasteiger partial charge in [-0.15, -0.1) is 0 Å². The molecule has 0 aliphatic carbocycles. The van der Waals surface area contributed by atoms with Crippen LogP contribution in [0.1, 0.15) is 12.0 Å². The standard InChI is InChI=1S/C12H16FNO/c1-2-15-8-4-7-14-10-11-5-3-6-12(13)9-11/h2-3,5-6,9,14H,1,4,7-8,10H2. The van der Waals surface area contributed by atoms with Crippen molar-refractivity contribution < 1.29 is 9.13 Å². The fourth-order valence-corrected chi connectivity index (χ4v) is 1.24. The number of hydrogen-bond acceptors (Lipinski definition) is 2. The molecule has 82 valence electrons. The minimum absolute atomic E-state index is 0.190. The topological polar surface area (TPSA) is 21.3 Å². The Morgan fingerprint density at radius 2 is 2.33 bits per heavy atom. The number of halogens is 1. The molecule has 15 heavy (non-hydrogen) atoms. The number of benzene rings is 1. The second-order valence-electron chi connectivity index (χ2n) is 3.20.